The second kappa shape index (κ2) is 15.2. The number of hydrogen-bond acceptors (Lipinski definition) is 9. The number of alkyl halides is 6. The van der Waals surface area contributed by atoms with Crippen molar-refractivity contribution < 1.29 is 54.9 Å². The fourth-order valence-corrected chi connectivity index (χ4v) is 5.38. The third-order valence-corrected chi connectivity index (χ3v) is 7.53. The maximum absolute atomic E-state index is 13.1. The van der Waals surface area contributed by atoms with E-state index in [9.17, 15) is 35.9 Å². The number of urea groups is 1. The van der Waals surface area contributed by atoms with Gasteiger partial charge >= 0.3 is 18.6 Å². The quantitative estimate of drug-likeness (QED) is 0.130. The van der Waals surface area contributed by atoms with Gasteiger partial charge in [-0.25, -0.2) is 14.5 Å². The van der Waals surface area contributed by atoms with E-state index in [1.165, 1.54) is 48.5 Å². The highest BCUT2D eigenvalue weighted by Gasteiger charge is 2.33. The molecule has 1 fully saturated rings. The third kappa shape index (κ3) is 9.51. The Morgan fingerprint density at radius 3 is 2.50 bits per heavy atom. The summed E-state index contributed by atoms with van der Waals surface area (Å²) in [6.07, 6.45) is -8.01. The number of anilines is 2. The van der Waals surface area contributed by atoms with Crippen LogP contribution in [0, 0.1) is 6.92 Å². The molecule has 1 aromatic heterocycles. The molecule has 0 aliphatic carbocycles. The summed E-state index contributed by atoms with van der Waals surface area (Å²) in [5.74, 6) is -0.548. The van der Waals surface area contributed by atoms with Gasteiger partial charge in [-0.2, -0.15) is 18.2 Å². The van der Waals surface area contributed by atoms with Crippen LogP contribution in [0.25, 0.3) is 17.1 Å². The Labute approximate surface area is 284 Å². The van der Waals surface area contributed by atoms with E-state index >= 15 is 0 Å². The van der Waals surface area contributed by atoms with Crippen molar-refractivity contribution in [2.45, 2.75) is 26.1 Å². The topological polar surface area (TPSA) is 129 Å². The van der Waals surface area contributed by atoms with Gasteiger partial charge in [-0.3, -0.25) is 9.69 Å². The summed E-state index contributed by atoms with van der Waals surface area (Å²) < 4.78 is 96.2. The van der Waals surface area contributed by atoms with E-state index in [2.05, 4.69) is 25.1 Å². The number of aromatic nitrogens is 3. The van der Waals surface area contributed by atoms with Crippen molar-refractivity contribution in [2.75, 3.05) is 36.5 Å². The van der Waals surface area contributed by atoms with Gasteiger partial charge in [-0.05, 0) is 61.0 Å². The molecular formula is C31H26F6N6O6S. The van der Waals surface area contributed by atoms with Gasteiger partial charge in [0.2, 0.25) is 5.91 Å². The van der Waals surface area contributed by atoms with Crippen LogP contribution in [-0.4, -0.2) is 70.7 Å². The molecule has 2 heterocycles. The Morgan fingerprint density at radius 1 is 1.04 bits per heavy atom. The standard InChI is InChI=1S/C31H26F6N6O6S/c1-18-3-4-20(13-47-15-30(32,33)34)24(11-18)43-26(44)14-50-29(43)40-28(45)39-23-10-5-19(12-25(23)48-17-46-2)27-38-16-42(41-27)21-6-8-22(9-7-21)49-31(35,36)37/h3-12,16H,13-15,17H2,1-2H3,(H,39,45)/b40-29-. The van der Waals surface area contributed by atoms with Crippen LogP contribution in [0.5, 0.6) is 11.5 Å². The largest absolute Gasteiger partial charge is 0.573 e. The number of benzene rings is 3. The van der Waals surface area contributed by atoms with Crippen LogP contribution >= 0.6 is 11.8 Å². The molecule has 1 aliphatic rings. The summed E-state index contributed by atoms with van der Waals surface area (Å²) in [5.41, 5.74) is 2.25. The molecule has 0 atom stereocenters. The number of amides is 3. The minimum absolute atomic E-state index is 0.00103. The molecule has 4 aromatic rings. The number of aliphatic imine (C=N–C) groups is 1. The van der Waals surface area contributed by atoms with E-state index < -0.39 is 43.4 Å². The minimum Gasteiger partial charge on any atom is -0.465 e. The molecule has 0 unspecified atom stereocenters. The van der Waals surface area contributed by atoms with Gasteiger partial charge in [0.05, 0.1) is 29.4 Å². The zero-order chi connectivity index (χ0) is 36.1. The Kier molecular flexibility index (Phi) is 11.0. The van der Waals surface area contributed by atoms with Crippen LogP contribution in [0.15, 0.2) is 72.0 Å². The number of carbonyl (C=O) groups excluding carboxylic acids is 2. The van der Waals surface area contributed by atoms with Gasteiger partial charge in [-0.1, -0.05) is 23.9 Å². The number of thioether (sulfide) groups is 1. The van der Waals surface area contributed by atoms with E-state index in [1.54, 1.807) is 25.1 Å². The number of hydrogen-bond donors (Lipinski definition) is 1. The lowest BCUT2D eigenvalue weighted by Crippen LogP contribution is -2.31. The molecule has 264 valence electrons. The molecule has 0 radical (unpaired) electrons. The molecule has 0 bridgehead atoms. The second-order valence-corrected chi connectivity index (χ2v) is 11.3. The summed E-state index contributed by atoms with van der Waals surface area (Å²) >= 11 is 0.974. The lowest BCUT2D eigenvalue weighted by molar-refractivity contribution is -0.274. The zero-order valence-electron chi connectivity index (χ0n) is 26.0. The first-order chi connectivity index (χ1) is 23.7. The van der Waals surface area contributed by atoms with E-state index in [-0.39, 0.29) is 46.2 Å². The molecule has 50 heavy (non-hydrogen) atoms. The van der Waals surface area contributed by atoms with E-state index in [0.717, 1.165) is 28.8 Å². The predicted molar refractivity (Wildman–Crippen MR) is 169 cm³/mol. The van der Waals surface area contributed by atoms with Gasteiger partial charge in [0, 0.05) is 18.2 Å². The highest BCUT2D eigenvalue weighted by Crippen LogP contribution is 2.33. The first kappa shape index (κ1) is 36.1. The van der Waals surface area contributed by atoms with Crippen molar-refractivity contribution in [1.82, 2.24) is 14.8 Å². The number of ether oxygens (including phenoxy) is 4. The number of aryl methyl sites for hydroxylation is 1. The summed E-state index contributed by atoms with van der Waals surface area (Å²) in [4.78, 5) is 35.5. The fraction of sp³-hybridized carbons (Fsp3) is 0.258. The molecule has 1 saturated heterocycles. The summed E-state index contributed by atoms with van der Waals surface area (Å²) in [7, 11) is 1.39. The van der Waals surface area contributed by atoms with Crippen LogP contribution < -0.4 is 19.7 Å². The Morgan fingerprint density at radius 2 is 1.80 bits per heavy atom. The predicted octanol–water partition coefficient (Wildman–Crippen LogP) is 6.87. The van der Waals surface area contributed by atoms with E-state index in [0.29, 0.717) is 16.8 Å². The van der Waals surface area contributed by atoms with Gasteiger partial charge < -0.3 is 24.3 Å². The maximum Gasteiger partial charge on any atom is 0.573 e. The van der Waals surface area contributed by atoms with Gasteiger partial charge in [-0.15, -0.1) is 18.3 Å². The number of nitrogens with one attached hydrogen (secondary N) is 1. The minimum atomic E-state index is -4.83. The lowest BCUT2D eigenvalue weighted by atomic mass is 10.1. The van der Waals surface area contributed by atoms with Gasteiger partial charge in [0.25, 0.3) is 0 Å². The summed E-state index contributed by atoms with van der Waals surface area (Å²) in [6, 6.07) is 13.5. The number of amidine groups is 1. The molecule has 5 rings (SSSR count). The van der Waals surface area contributed by atoms with Crippen LogP contribution in [0.1, 0.15) is 11.1 Å². The summed E-state index contributed by atoms with van der Waals surface area (Å²) in [5, 5.41) is 6.96. The van der Waals surface area contributed by atoms with Crippen molar-refractivity contribution in [2.24, 2.45) is 4.99 Å². The Balaban J connectivity index is 1.35. The first-order valence-electron chi connectivity index (χ1n) is 14.3. The van der Waals surface area contributed by atoms with Crippen molar-refractivity contribution >= 4 is 40.2 Å². The molecule has 3 amide bonds. The molecule has 1 aliphatic heterocycles. The van der Waals surface area contributed by atoms with Crippen molar-refractivity contribution in [3.8, 4) is 28.6 Å². The van der Waals surface area contributed by atoms with Gasteiger partial charge in [0.1, 0.15) is 24.4 Å². The van der Waals surface area contributed by atoms with E-state index in [4.69, 9.17) is 14.2 Å². The van der Waals surface area contributed by atoms with Crippen molar-refractivity contribution in [3.05, 3.63) is 78.1 Å². The van der Waals surface area contributed by atoms with E-state index in [1.807, 2.05) is 0 Å². The third-order valence-electron chi connectivity index (χ3n) is 6.61. The SMILES string of the molecule is COCOc1cc(-c2ncn(-c3ccc(OC(F)(F)F)cc3)n2)ccc1NC(=O)/N=C1\SCC(=O)N1c1cc(C)ccc1COCC(F)(F)F. The fourth-order valence-electron chi connectivity index (χ4n) is 4.52. The average molecular weight is 725 g/mol. The van der Waals surface area contributed by atoms with Crippen molar-refractivity contribution in [3.63, 3.8) is 0 Å². The smallest absolute Gasteiger partial charge is 0.465 e. The van der Waals surface area contributed by atoms with Crippen molar-refractivity contribution in [1.29, 1.82) is 0 Å². The molecular weight excluding hydrogens is 698 g/mol. The number of rotatable bonds is 11. The monoisotopic (exact) mass is 724 g/mol. The highest BCUT2D eigenvalue weighted by atomic mass is 32.2. The average Bonchev–Trinajstić information content (AvgIpc) is 3.67. The summed E-state index contributed by atoms with van der Waals surface area (Å²) in [6.45, 7) is -0.388. The van der Waals surface area contributed by atoms with Gasteiger partial charge in [0.15, 0.2) is 17.8 Å². The molecule has 12 nitrogen and oxygen atoms in total. The molecule has 3 aromatic carbocycles. The molecule has 19 heteroatoms. The zero-order valence-corrected chi connectivity index (χ0v) is 26.9. The lowest BCUT2D eigenvalue weighted by Gasteiger charge is -2.21. The number of methoxy groups -OCH3 is 1. The number of carbonyl (C=O) groups is 2. The second-order valence-electron chi connectivity index (χ2n) is 10.4. The highest BCUT2D eigenvalue weighted by molar-refractivity contribution is 8.15. The van der Waals surface area contributed by atoms with Crippen LogP contribution in [0.4, 0.5) is 42.5 Å². The van der Waals surface area contributed by atoms with Crippen LogP contribution in [0.2, 0.25) is 0 Å². The number of nitrogens with zero attached hydrogens (tertiary/aromatic N) is 5. The Bertz CT molecular complexity index is 1880. The van der Waals surface area contributed by atoms with Crippen LogP contribution in [-0.2, 0) is 20.9 Å². The maximum atomic E-state index is 13.1. The van der Waals surface area contributed by atoms with Crippen LogP contribution in [0.3, 0.4) is 0 Å². The molecule has 1 N–H and O–H groups in total. The first-order valence-corrected chi connectivity index (χ1v) is 15.3. The number of halogens is 6. The normalized spacial score (nSPS) is 14.4. The molecule has 0 spiro atoms. The molecule has 0 saturated carbocycles. The Hall–Kier alpha value is -5.14.